The highest BCUT2D eigenvalue weighted by Gasteiger charge is 2.48. The minimum Gasteiger partial charge on any atom is -0.507 e. The van der Waals surface area contributed by atoms with E-state index in [1.165, 1.54) is 35.4 Å². The minimum absolute atomic E-state index is 0.114. The van der Waals surface area contributed by atoms with Crippen LogP contribution in [0.5, 0.6) is 5.75 Å². The summed E-state index contributed by atoms with van der Waals surface area (Å²) < 4.78 is 24.5. The summed E-state index contributed by atoms with van der Waals surface area (Å²) in [5, 5.41) is 11.1. The van der Waals surface area contributed by atoms with Gasteiger partial charge in [0.25, 0.3) is 11.7 Å². The van der Waals surface area contributed by atoms with Crippen molar-refractivity contribution in [2.24, 2.45) is 0 Å². The summed E-state index contributed by atoms with van der Waals surface area (Å²) in [6.45, 7) is 2.48. The molecule has 3 aromatic rings. The second-order valence-electron chi connectivity index (χ2n) is 7.04. The molecule has 1 atom stereocenters. The Kier molecular flexibility index (Phi) is 5.58. The molecule has 7 heteroatoms. The first-order valence-electron chi connectivity index (χ1n) is 9.84. The molecule has 1 fully saturated rings. The van der Waals surface area contributed by atoms with Gasteiger partial charge >= 0.3 is 0 Å². The van der Waals surface area contributed by atoms with Crippen molar-refractivity contribution in [3.05, 3.63) is 89.6 Å². The molecule has 2 aromatic carbocycles. The number of carbonyl (C=O) groups is 2. The minimum atomic E-state index is -0.999. The molecule has 1 amide bonds. The van der Waals surface area contributed by atoms with Crippen molar-refractivity contribution < 1.29 is 28.2 Å². The SMILES string of the molecule is CCCOc1cccc(/C(O)=C2/C(=O)C(=O)N(c3ccc(F)cc3)C2c2ccco2)c1. The Morgan fingerprint density at radius 3 is 2.58 bits per heavy atom. The molecule has 0 bridgehead atoms. The molecule has 0 spiro atoms. The first-order chi connectivity index (χ1) is 15.0. The van der Waals surface area contributed by atoms with Crippen LogP contribution in [0.4, 0.5) is 10.1 Å². The van der Waals surface area contributed by atoms with E-state index in [0.29, 0.717) is 29.4 Å². The van der Waals surface area contributed by atoms with Crippen molar-refractivity contribution in [3.63, 3.8) is 0 Å². The number of rotatable bonds is 6. The Hall–Kier alpha value is -3.87. The van der Waals surface area contributed by atoms with Crippen LogP contribution in [-0.2, 0) is 9.59 Å². The van der Waals surface area contributed by atoms with E-state index in [4.69, 9.17) is 9.15 Å². The number of nitrogens with zero attached hydrogens (tertiary/aromatic N) is 1. The molecule has 1 aromatic heterocycles. The largest absolute Gasteiger partial charge is 0.507 e. The lowest BCUT2D eigenvalue weighted by molar-refractivity contribution is -0.132. The van der Waals surface area contributed by atoms with Gasteiger partial charge in [-0.25, -0.2) is 4.39 Å². The number of aliphatic hydroxyl groups is 1. The predicted molar refractivity (Wildman–Crippen MR) is 112 cm³/mol. The summed E-state index contributed by atoms with van der Waals surface area (Å²) in [7, 11) is 0. The van der Waals surface area contributed by atoms with Crippen LogP contribution in [0.15, 0.2) is 76.9 Å². The van der Waals surface area contributed by atoms with E-state index in [0.717, 1.165) is 6.42 Å². The highest BCUT2D eigenvalue weighted by molar-refractivity contribution is 6.51. The molecule has 0 saturated carbocycles. The Balaban J connectivity index is 1.84. The van der Waals surface area contributed by atoms with Crippen LogP contribution in [0.3, 0.4) is 0 Å². The number of amides is 1. The molecule has 158 valence electrons. The molecule has 4 rings (SSSR count). The van der Waals surface area contributed by atoms with Gasteiger partial charge in [0.1, 0.15) is 29.1 Å². The number of Topliss-reactive ketones (excluding diaryl/α,β-unsaturated/α-hetero) is 1. The van der Waals surface area contributed by atoms with Crippen LogP contribution < -0.4 is 9.64 Å². The predicted octanol–water partition coefficient (Wildman–Crippen LogP) is 4.83. The summed E-state index contributed by atoms with van der Waals surface area (Å²) in [5.41, 5.74) is 0.531. The maximum atomic E-state index is 13.4. The smallest absolute Gasteiger partial charge is 0.300 e. The van der Waals surface area contributed by atoms with Gasteiger partial charge in [0.05, 0.1) is 18.4 Å². The topological polar surface area (TPSA) is 80.0 Å². The molecule has 31 heavy (non-hydrogen) atoms. The molecular weight excluding hydrogens is 401 g/mol. The zero-order valence-corrected chi connectivity index (χ0v) is 16.7. The fourth-order valence-electron chi connectivity index (χ4n) is 3.53. The van der Waals surface area contributed by atoms with Gasteiger partial charge in [-0.05, 0) is 55.0 Å². The Labute approximate surface area is 178 Å². The number of ether oxygens (including phenoxy) is 1. The lowest BCUT2D eigenvalue weighted by Crippen LogP contribution is -2.29. The van der Waals surface area contributed by atoms with E-state index < -0.39 is 23.5 Å². The summed E-state index contributed by atoms with van der Waals surface area (Å²) in [6.07, 6.45) is 2.23. The molecular formula is C24H20FNO5. The van der Waals surface area contributed by atoms with Crippen molar-refractivity contribution in [2.45, 2.75) is 19.4 Å². The summed E-state index contributed by atoms with van der Waals surface area (Å²) in [4.78, 5) is 27.1. The fourth-order valence-corrected chi connectivity index (χ4v) is 3.53. The van der Waals surface area contributed by atoms with Crippen molar-refractivity contribution in [2.75, 3.05) is 11.5 Å². The number of ketones is 1. The number of furan rings is 1. The third-order valence-corrected chi connectivity index (χ3v) is 4.94. The lowest BCUT2D eigenvalue weighted by Gasteiger charge is -2.23. The van der Waals surface area contributed by atoms with E-state index in [1.54, 1.807) is 36.4 Å². The van der Waals surface area contributed by atoms with Gasteiger partial charge in [-0.2, -0.15) is 0 Å². The highest BCUT2D eigenvalue weighted by atomic mass is 19.1. The number of halogens is 1. The number of anilines is 1. The first-order valence-corrected chi connectivity index (χ1v) is 9.84. The molecule has 1 unspecified atom stereocenters. The molecule has 1 aliphatic heterocycles. The second-order valence-corrected chi connectivity index (χ2v) is 7.04. The zero-order chi connectivity index (χ0) is 22.0. The van der Waals surface area contributed by atoms with Gasteiger partial charge in [0.2, 0.25) is 0 Å². The van der Waals surface area contributed by atoms with E-state index in [1.807, 2.05) is 6.92 Å². The van der Waals surface area contributed by atoms with Gasteiger partial charge in [0.15, 0.2) is 0 Å². The van der Waals surface area contributed by atoms with Crippen LogP contribution >= 0.6 is 0 Å². The van der Waals surface area contributed by atoms with Crippen LogP contribution in [0.2, 0.25) is 0 Å². The first kappa shape index (κ1) is 20.4. The molecule has 6 nitrogen and oxygen atoms in total. The molecule has 2 heterocycles. The summed E-state index contributed by atoms with van der Waals surface area (Å²) >= 11 is 0. The molecule has 1 saturated heterocycles. The second kappa shape index (κ2) is 8.47. The van der Waals surface area contributed by atoms with Gasteiger partial charge in [-0.3, -0.25) is 14.5 Å². The van der Waals surface area contributed by atoms with Crippen molar-refractivity contribution in [1.29, 1.82) is 0 Å². The number of carbonyl (C=O) groups excluding carboxylic acids is 2. The van der Waals surface area contributed by atoms with Crippen LogP contribution in [-0.4, -0.2) is 23.4 Å². The van der Waals surface area contributed by atoms with E-state index in [9.17, 15) is 19.1 Å². The van der Waals surface area contributed by atoms with Crippen molar-refractivity contribution in [1.82, 2.24) is 0 Å². The maximum absolute atomic E-state index is 13.4. The summed E-state index contributed by atoms with van der Waals surface area (Å²) in [6, 6.07) is 14.1. The monoisotopic (exact) mass is 421 g/mol. The fraction of sp³-hybridized carbons (Fsp3) is 0.167. The molecule has 0 aliphatic carbocycles. The number of aliphatic hydroxyl groups excluding tert-OH is 1. The Morgan fingerprint density at radius 1 is 1.13 bits per heavy atom. The third kappa shape index (κ3) is 3.82. The number of hydrogen-bond donors (Lipinski definition) is 1. The van der Waals surface area contributed by atoms with E-state index in [-0.39, 0.29) is 11.3 Å². The van der Waals surface area contributed by atoms with E-state index in [2.05, 4.69) is 0 Å². The standard InChI is InChI=1S/C24H20FNO5/c1-2-12-30-18-6-3-5-15(14-18)22(27)20-21(19-7-4-13-31-19)26(24(29)23(20)28)17-10-8-16(25)9-11-17/h3-11,13-14,21,27H,2,12H2,1H3/b22-20-. The van der Waals surface area contributed by atoms with Gasteiger partial charge < -0.3 is 14.3 Å². The normalized spacial score (nSPS) is 17.9. The van der Waals surface area contributed by atoms with Crippen LogP contribution in [0.1, 0.15) is 30.7 Å². The van der Waals surface area contributed by atoms with Gasteiger partial charge in [-0.1, -0.05) is 19.1 Å². The van der Waals surface area contributed by atoms with Crippen molar-refractivity contribution >= 4 is 23.1 Å². The molecule has 0 radical (unpaired) electrons. The summed E-state index contributed by atoms with van der Waals surface area (Å²) in [5.74, 6) is -1.68. The van der Waals surface area contributed by atoms with Crippen molar-refractivity contribution in [3.8, 4) is 5.75 Å². The average molecular weight is 421 g/mol. The van der Waals surface area contributed by atoms with E-state index >= 15 is 0 Å². The average Bonchev–Trinajstić information content (AvgIpc) is 3.40. The molecule has 1 aliphatic rings. The number of benzene rings is 2. The Morgan fingerprint density at radius 2 is 1.90 bits per heavy atom. The third-order valence-electron chi connectivity index (χ3n) is 4.94. The Bertz CT molecular complexity index is 1140. The lowest BCUT2D eigenvalue weighted by atomic mass is 9.99. The van der Waals surface area contributed by atoms with Gasteiger partial charge in [-0.15, -0.1) is 0 Å². The zero-order valence-electron chi connectivity index (χ0n) is 16.7. The number of hydrogen-bond acceptors (Lipinski definition) is 5. The highest BCUT2D eigenvalue weighted by Crippen LogP contribution is 2.42. The van der Waals surface area contributed by atoms with Gasteiger partial charge in [0, 0.05) is 11.3 Å². The molecule has 1 N–H and O–H groups in total. The quantitative estimate of drug-likeness (QED) is 0.350. The van der Waals surface area contributed by atoms with Crippen LogP contribution in [0.25, 0.3) is 5.76 Å². The maximum Gasteiger partial charge on any atom is 0.300 e. The van der Waals surface area contributed by atoms with Crippen LogP contribution in [0, 0.1) is 5.82 Å².